The SMILES string of the molecule is Nc1onc(CC2CCCC2)c1-c1ccncc1. The lowest BCUT2D eigenvalue weighted by Gasteiger charge is -2.07. The molecule has 0 bridgehead atoms. The molecule has 94 valence electrons. The van der Waals surface area contributed by atoms with Crippen molar-refractivity contribution in [1.82, 2.24) is 10.1 Å². The molecular weight excluding hydrogens is 226 g/mol. The number of rotatable bonds is 3. The molecule has 0 aromatic carbocycles. The molecule has 2 aromatic heterocycles. The van der Waals surface area contributed by atoms with Crippen molar-refractivity contribution < 1.29 is 4.52 Å². The van der Waals surface area contributed by atoms with Gasteiger partial charge in [0.2, 0.25) is 5.88 Å². The molecule has 0 radical (unpaired) electrons. The largest absolute Gasteiger partial charge is 0.367 e. The van der Waals surface area contributed by atoms with Crippen molar-refractivity contribution in [3.63, 3.8) is 0 Å². The minimum atomic E-state index is 0.411. The first-order valence-electron chi connectivity index (χ1n) is 6.49. The second kappa shape index (κ2) is 4.80. The zero-order valence-corrected chi connectivity index (χ0v) is 10.3. The molecular formula is C14H17N3O. The number of pyridine rings is 1. The number of nitrogen functional groups attached to an aromatic ring is 1. The van der Waals surface area contributed by atoms with Crippen molar-refractivity contribution in [3.8, 4) is 11.1 Å². The minimum absolute atomic E-state index is 0.411. The number of aromatic nitrogens is 2. The Kier molecular flexibility index (Phi) is 3.00. The van der Waals surface area contributed by atoms with Crippen molar-refractivity contribution in [2.75, 3.05) is 5.73 Å². The fourth-order valence-corrected chi connectivity index (χ4v) is 2.79. The first-order valence-corrected chi connectivity index (χ1v) is 6.49. The van der Waals surface area contributed by atoms with Crippen molar-refractivity contribution in [1.29, 1.82) is 0 Å². The topological polar surface area (TPSA) is 64.9 Å². The predicted octanol–water partition coefficient (Wildman–Crippen LogP) is 3.05. The lowest BCUT2D eigenvalue weighted by atomic mass is 9.97. The molecule has 18 heavy (non-hydrogen) atoms. The quantitative estimate of drug-likeness (QED) is 0.899. The summed E-state index contributed by atoms with van der Waals surface area (Å²) in [5.41, 5.74) is 8.88. The smallest absolute Gasteiger partial charge is 0.230 e. The fourth-order valence-electron chi connectivity index (χ4n) is 2.79. The van der Waals surface area contributed by atoms with Gasteiger partial charge in [-0.1, -0.05) is 30.8 Å². The van der Waals surface area contributed by atoms with Gasteiger partial charge in [-0.25, -0.2) is 0 Å². The van der Waals surface area contributed by atoms with Crippen LogP contribution in [0, 0.1) is 5.92 Å². The van der Waals surface area contributed by atoms with Gasteiger partial charge in [0.05, 0.1) is 11.3 Å². The van der Waals surface area contributed by atoms with Crippen LogP contribution in [0.4, 0.5) is 5.88 Å². The summed E-state index contributed by atoms with van der Waals surface area (Å²) in [7, 11) is 0. The van der Waals surface area contributed by atoms with Crippen LogP contribution in [0.2, 0.25) is 0 Å². The van der Waals surface area contributed by atoms with Gasteiger partial charge in [-0.2, -0.15) is 0 Å². The Balaban J connectivity index is 1.91. The Labute approximate surface area is 106 Å². The van der Waals surface area contributed by atoms with E-state index in [1.165, 1.54) is 25.7 Å². The van der Waals surface area contributed by atoms with Gasteiger partial charge >= 0.3 is 0 Å². The summed E-state index contributed by atoms with van der Waals surface area (Å²) in [5.74, 6) is 1.14. The van der Waals surface area contributed by atoms with E-state index in [2.05, 4.69) is 10.1 Å². The van der Waals surface area contributed by atoms with Crippen LogP contribution in [0.25, 0.3) is 11.1 Å². The molecule has 0 saturated heterocycles. The van der Waals surface area contributed by atoms with Crippen LogP contribution in [0.15, 0.2) is 29.0 Å². The standard InChI is InChI=1S/C14H17N3O/c15-14-13(11-5-7-16-8-6-11)12(17-18-14)9-10-3-1-2-4-10/h5-8,10H,1-4,9,15H2. The maximum atomic E-state index is 5.90. The van der Waals surface area contributed by atoms with Crippen molar-refractivity contribution in [2.24, 2.45) is 5.92 Å². The van der Waals surface area contributed by atoms with E-state index in [9.17, 15) is 0 Å². The molecule has 1 aliphatic carbocycles. The van der Waals surface area contributed by atoms with E-state index in [0.29, 0.717) is 5.88 Å². The van der Waals surface area contributed by atoms with Gasteiger partial charge in [-0.15, -0.1) is 0 Å². The minimum Gasteiger partial charge on any atom is -0.367 e. The molecule has 4 nitrogen and oxygen atoms in total. The molecule has 1 saturated carbocycles. The highest BCUT2D eigenvalue weighted by Gasteiger charge is 2.21. The number of hydrogen-bond acceptors (Lipinski definition) is 4. The molecule has 4 heteroatoms. The van der Waals surface area contributed by atoms with Gasteiger partial charge in [-0.3, -0.25) is 4.98 Å². The van der Waals surface area contributed by atoms with Crippen molar-refractivity contribution in [2.45, 2.75) is 32.1 Å². The molecule has 0 spiro atoms. The summed E-state index contributed by atoms with van der Waals surface area (Å²) < 4.78 is 5.17. The van der Waals surface area contributed by atoms with Gasteiger partial charge in [0.25, 0.3) is 0 Å². The Morgan fingerprint density at radius 1 is 1.22 bits per heavy atom. The van der Waals surface area contributed by atoms with Gasteiger partial charge in [0.15, 0.2) is 0 Å². The van der Waals surface area contributed by atoms with Gasteiger partial charge in [0, 0.05) is 12.4 Å². The molecule has 1 fully saturated rings. The summed E-state index contributed by atoms with van der Waals surface area (Å²) >= 11 is 0. The molecule has 0 amide bonds. The molecule has 0 unspecified atom stereocenters. The highest BCUT2D eigenvalue weighted by Crippen LogP contribution is 2.34. The van der Waals surface area contributed by atoms with Crippen LogP contribution >= 0.6 is 0 Å². The first kappa shape index (κ1) is 11.3. The molecule has 2 heterocycles. The molecule has 3 rings (SSSR count). The van der Waals surface area contributed by atoms with E-state index >= 15 is 0 Å². The van der Waals surface area contributed by atoms with Crippen LogP contribution in [0.3, 0.4) is 0 Å². The van der Waals surface area contributed by atoms with Gasteiger partial charge < -0.3 is 10.3 Å². The van der Waals surface area contributed by atoms with Crippen LogP contribution in [0.5, 0.6) is 0 Å². The van der Waals surface area contributed by atoms with E-state index in [1.54, 1.807) is 12.4 Å². The Morgan fingerprint density at radius 3 is 2.67 bits per heavy atom. The summed E-state index contributed by atoms with van der Waals surface area (Å²) in [5, 5.41) is 4.14. The third kappa shape index (κ3) is 2.10. The van der Waals surface area contributed by atoms with E-state index in [0.717, 1.165) is 29.2 Å². The van der Waals surface area contributed by atoms with Crippen LogP contribution in [-0.2, 0) is 6.42 Å². The molecule has 1 aliphatic rings. The van der Waals surface area contributed by atoms with Crippen LogP contribution < -0.4 is 5.73 Å². The summed E-state index contributed by atoms with van der Waals surface area (Å²) in [6, 6.07) is 3.89. The van der Waals surface area contributed by atoms with E-state index in [-0.39, 0.29) is 0 Å². The van der Waals surface area contributed by atoms with E-state index in [4.69, 9.17) is 10.3 Å². The summed E-state index contributed by atoms with van der Waals surface area (Å²) in [6.45, 7) is 0. The lowest BCUT2D eigenvalue weighted by molar-refractivity contribution is 0.417. The normalized spacial score (nSPS) is 16.2. The zero-order valence-electron chi connectivity index (χ0n) is 10.3. The summed E-state index contributed by atoms with van der Waals surface area (Å²) in [6.07, 6.45) is 9.76. The third-order valence-corrected chi connectivity index (χ3v) is 3.71. The molecule has 2 N–H and O–H groups in total. The van der Waals surface area contributed by atoms with E-state index < -0.39 is 0 Å². The summed E-state index contributed by atoms with van der Waals surface area (Å²) in [4.78, 5) is 4.03. The third-order valence-electron chi connectivity index (χ3n) is 3.71. The van der Waals surface area contributed by atoms with Crippen molar-refractivity contribution in [3.05, 3.63) is 30.2 Å². The molecule has 2 aromatic rings. The fraction of sp³-hybridized carbons (Fsp3) is 0.429. The van der Waals surface area contributed by atoms with E-state index in [1.807, 2.05) is 12.1 Å². The molecule has 0 aliphatic heterocycles. The highest BCUT2D eigenvalue weighted by molar-refractivity contribution is 5.74. The number of anilines is 1. The zero-order chi connectivity index (χ0) is 12.4. The van der Waals surface area contributed by atoms with Crippen molar-refractivity contribution >= 4 is 5.88 Å². The Hall–Kier alpha value is -1.84. The average molecular weight is 243 g/mol. The van der Waals surface area contributed by atoms with Crippen LogP contribution in [-0.4, -0.2) is 10.1 Å². The average Bonchev–Trinajstić information content (AvgIpc) is 3.02. The molecule has 0 atom stereocenters. The van der Waals surface area contributed by atoms with Crippen LogP contribution in [0.1, 0.15) is 31.4 Å². The Morgan fingerprint density at radius 2 is 1.94 bits per heavy atom. The maximum absolute atomic E-state index is 5.90. The maximum Gasteiger partial charge on any atom is 0.230 e. The number of hydrogen-bond donors (Lipinski definition) is 1. The predicted molar refractivity (Wildman–Crippen MR) is 69.8 cm³/mol. The second-order valence-electron chi connectivity index (χ2n) is 4.96. The lowest BCUT2D eigenvalue weighted by Crippen LogP contribution is -2.01. The van der Waals surface area contributed by atoms with Gasteiger partial charge in [-0.05, 0) is 30.0 Å². The van der Waals surface area contributed by atoms with Gasteiger partial charge in [0.1, 0.15) is 0 Å². The Bertz CT molecular complexity index is 515. The highest BCUT2D eigenvalue weighted by atomic mass is 16.5. The monoisotopic (exact) mass is 243 g/mol. The number of nitrogens with zero attached hydrogens (tertiary/aromatic N) is 2. The first-order chi connectivity index (χ1) is 8.84. The second-order valence-corrected chi connectivity index (χ2v) is 4.96. The number of nitrogens with two attached hydrogens (primary N) is 1.